The van der Waals surface area contributed by atoms with Gasteiger partial charge in [-0.1, -0.05) is 58.0 Å². The van der Waals surface area contributed by atoms with Crippen molar-refractivity contribution in [1.29, 1.82) is 0 Å². The smallest absolute Gasteiger partial charge is 0.143 e. The van der Waals surface area contributed by atoms with Gasteiger partial charge in [0.1, 0.15) is 5.82 Å². The quantitative estimate of drug-likeness (QED) is 0.396. The van der Waals surface area contributed by atoms with Crippen LogP contribution in [0.4, 0.5) is 4.39 Å². The average Bonchev–Trinajstić information content (AvgIpc) is 2.30. The van der Waals surface area contributed by atoms with Gasteiger partial charge >= 0.3 is 0 Å². The van der Waals surface area contributed by atoms with Crippen molar-refractivity contribution >= 4 is 58.0 Å². The second-order valence-electron chi connectivity index (χ2n) is 3.50. The lowest BCUT2D eigenvalue weighted by Crippen LogP contribution is -1.86. The van der Waals surface area contributed by atoms with Gasteiger partial charge in [-0.3, -0.25) is 0 Å². The molecular formula is C12H4Cl5F. The Balaban J connectivity index is 2.69. The number of hydrogen-bond acceptors (Lipinski definition) is 0. The van der Waals surface area contributed by atoms with Gasteiger partial charge in [0.15, 0.2) is 0 Å². The lowest BCUT2D eigenvalue weighted by atomic mass is 10.1. The molecule has 0 amide bonds. The van der Waals surface area contributed by atoms with Crippen molar-refractivity contribution in [3.8, 4) is 11.1 Å². The van der Waals surface area contributed by atoms with Crippen LogP contribution >= 0.6 is 58.0 Å². The first-order chi connectivity index (χ1) is 8.40. The molecule has 6 heteroatoms. The zero-order chi connectivity index (χ0) is 13.4. The molecule has 0 saturated carbocycles. The van der Waals surface area contributed by atoms with Gasteiger partial charge in [-0.05, 0) is 29.8 Å². The molecule has 2 aromatic carbocycles. The summed E-state index contributed by atoms with van der Waals surface area (Å²) < 4.78 is 13.5. The second kappa shape index (κ2) is 5.44. The molecule has 0 aliphatic heterocycles. The second-order valence-corrected chi connectivity index (χ2v) is 5.51. The highest BCUT2D eigenvalue weighted by Crippen LogP contribution is 2.39. The van der Waals surface area contributed by atoms with E-state index < -0.39 is 5.82 Å². The molecule has 0 aromatic heterocycles. The first-order valence-corrected chi connectivity index (χ1v) is 6.58. The molecule has 0 saturated heterocycles. The zero-order valence-electron chi connectivity index (χ0n) is 8.58. The first-order valence-electron chi connectivity index (χ1n) is 4.69. The van der Waals surface area contributed by atoms with Gasteiger partial charge in [0.2, 0.25) is 0 Å². The fourth-order valence-electron chi connectivity index (χ4n) is 1.48. The van der Waals surface area contributed by atoms with E-state index in [1.165, 1.54) is 6.07 Å². The van der Waals surface area contributed by atoms with E-state index in [4.69, 9.17) is 58.0 Å². The van der Waals surface area contributed by atoms with Crippen LogP contribution in [-0.2, 0) is 0 Å². The average molecular weight is 344 g/mol. The number of hydrogen-bond donors (Lipinski definition) is 0. The van der Waals surface area contributed by atoms with Crippen molar-refractivity contribution in [1.82, 2.24) is 0 Å². The maximum absolute atomic E-state index is 13.5. The van der Waals surface area contributed by atoms with Crippen LogP contribution in [0, 0.1) is 5.82 Å². The van der Waals surface area contributed by atoms with Crippen LogP contribution in [0.5, 0.6) is 0 Å². The normalized spacial score (nSPS) is 10.8. The van der Waals surface area contributed by atoms with Crippen LogP contribution in [0.3, 0.4) is 0 Å². The van der Waals surface area contributed by atoms with E-state index in [0.29, 0.717) is 11.1 Å². The molecule has 0 bridgehead atoms. The van der Waals surface area contributed by atoms with E-state index >= 15 is 0 Å². The van der Waals surface area contributed by atoms with E-state index in [9.17, 15) is 4.39 Å². The maximum Gasteiger partial charge on any atom is 0.143 e. The van der Waals surface area contributed by atoms with E-state index in [1.807, 2.05) is 0 Å². The molecular weight excluding hydrogens is 340 g/mol. The van der Waals surface area contributed by atoms with Gasteiger partial charge < -0.3 is 0 Å². The Bertz CT molecular complexity index is 601. The summed E-state index contributed by atoms with van der Waals surface area (Å²) >= 11 is 29.4. The van der Waals surface area contributed by atoms with Crippen molar-refractivity contribution in [3.63, 3.8) is 0 Å². The molecule has 0 aliphatic rings. The summed E-state index contributed by atoms with van der Waals surface area (Å²) in [6, 6.07) is 5.76. The highest BCUT2D eigenvalue weighted by molar-refractivity contribution is 6.48. The topological polar surface area (TPSA) is 0 Å². The highest BCUT2D eigenvalue weighted by Gasteiger charge is 2.13. The summed E-state index contributed by atoms with van der Waals surface area (Å²) in [6.45, 7) is 0. The van der Waals surface area contributed by atoms with Crippen LogP contribution in [0.25, 0.3) is 11.1 Å². The molecule has 0 fully saturated rings. The highest BCUT2D eigenvalue weighted by atomic mass is 35.5. The predicted molar refractivity (Wildman–Crippen MR) is 76.9 cm³/mol. The lowest BCUT2D eigenvalue weighted by molar-refractivity contribution is 0.629. The first kappa shape index (κ1) is 14.2. The molecule has 0 heterocycles. The van der Waals surface area contributed by atoms with Crippen molar-refractivity contribution in [2.24, 2.45) is 0 Å². The molecule has 0 nitrogen and oxygen atoms in total. The molecule has 2 aromatic rings. The molecule has 0 aliphatic carbocycles. The molecule has 0 unspecified atom stereocenters. The van der Waals surface area contributed by atoms with Crippen LogP contribution < -0.4 is 0 Å². The molecule has 0 atom stereocenters. The van der Waals surface area contributed by atoms with Gasteiger partial charge in [0.25, 0.3) is 0 Å². The van der Waals surface area contributed by atoms with Crippen molar-refractivity contribution < 1.29 is 4.39 Å². The van der Waals surface area contributed by atoms with Crippen molar-refractivity contribution in [2.45, 2.75) is 0 Å². The van der Waals surface area contributed by atoms with Crippen LogP contribution in [0.1, 0.15) is 0 Å². The third-order valence-electron chi connectivity index (χ3n) is 2.29. The maximum atomic E-state index is 13.5. The fourth-order valence-corrected chi connectivity index (χ4v) is 2.50. The largest absolute Gasteiger partial charge is 0.205 e. The summed E-state index contributed by atoms with van der Waals surface area (Å²) in [5.41, 5.74) is 0.947. The number of halogens is 6. The Kier molecular flexibility index (Phi) is 4.30. The Morgan fingerprint density at radius 3 is 1.83 bits per heavy atom. The van der Waals surface area contributed by atoms with Crippen LogP contribution in [-0.4, -0.2) is 0 Å². The number of benzene rings is 2. The predicted octanol–water partition coefficient (Wildman–Crippen LogP) is 6.76. The van der Waals surface area contributed by atoms with E-state index in [-0.39, 0.29) is 25.1 Å². The fraction of sp³-hybridized carbons (Fsp3) is 0. The van der Waals surface area contributed by atoms with E-state index in [1.54, 1.807) is 12.1 Å². The minimum Gasteiger partial charge on any atom is -0.205 e. The molecule has 0 N–H and O–H groups in total. The van der Waals surface area contributed by atoms with E-state index in [0.717, 1.165) is 6.07 Å². The number of rotatable bonds is 1. The van der Waals surface area contributed by atoms with Gasteiger partial charge in [0, 0.05) is 10.6 Å². The summed E-state index contributed by atoms with van der Waals surface area (Å²) in [5.74, 6) is -0.610. The molecule has 0 spiro atoms. The lowest BCUT2D eigenvalue weighted by Gasteiger charge is -2.09. The minimum absolute atomic E-state index is 0.0474. The standard InChI is InChI=1S/C12H4Cl5F/c13-6-3-7(11(16)10(18)4-6)5-1-8(14)12(17)9(15)2-5/h1-4H. The Hall–Kier alpha value is -0.180. The Morgan fingerprint density at radius 2 is 1.28 bits per heavy atom. The summed E-state index contributed by atoms with van der Waals surface area (Å²) in [7, 11) is 0. The van der Waals surface area contributed by atoms with Gasteiger partial charge in [-0.15, -0.1) is 0 Å². The summed E-state index contributed by atoms with van der Waals surface area (Å²) in [6.07, 6.45) is 0. The SMILES string of the molecule is Fc1cc(Cl)cc(-c2cc(Cl)c(Cl)c(Cl)c2)c1Cl. The van der Waals surface area contributed by atoms with Gasteiger partial charge in [-0.2, -0.15) is 0 Å². The minimum atomic E-state index is -0.610. The molecule has 94 valence electrons. The van der Waals surface area contributed by atoms with Crippen molar-refractivity contribution in [2.75, 3.05) is 0 Å². The van der Waals surface area contributed by atoms with Crippen LogP contribution in [0.15, 0.2) is 24.3 Å². The van der Waals surface area contributed by atoms with Crippen molar-refractivity contribution in [3.05, 3.63) is 55.2 Å². The van der Waals surface area contributed by atoms with Crippen LogP contribution in [0.2, 0.25) is 25.1 Å². The summed E-state index contributed by atoms with van der Waals surface area (Å²) in [4.78, 5) is 0. The van der Waals surface area contributed by atoms with E-state index in [2.05, 4.69) is 0 Å². The summed E-state index contributed by atoms with van der Waals surface area (Å²) in [5, 5.41) is 0.940. The third kappa shape index (κ3) is 2.71. The molecule has 2 rings (SSSR count). The zero-order valence-corrected chi connectivity index (χ0v) is 12.4. The monoisotopic (exact) mass is 342 g/mol. The third-order valence-corrected chi connectivity index (χ3v) is 4.09. The molecule has 18 heavy (non-hydrogen) atoms. The Labute approximate surface area is 128 Å². The van der Waals surface area contributed by atoms with Gasteiger partial charge in [-0.25, -0.2) is 4.39 Å². The molecule has 0 radical (unpaired) electrons. The Morgan fingerprint density at radius 1 is 0.722 bits per heavy atom. The van der Waals surface area contributed by atoms with Gasteiger partial charge in [0.05, 0.1) is 20.1 Å².